The Hall–Kier alpha value is -0.860. The van der Waals surface area contributed by atoms with Gasteiger partial charge in [0.05, 0.1) is 18.8 Å². The van der Waals surface area contributed by atoms with Gasteiger partial charge < -0.3 is 14.6 Å². The Bertz CT molecular complexity index is 444. The minimum absolute atomic E-state index is 0.103. The lowest BCUT2D eigenvalue weighted by Crippen LogP contribution is -2.27. The standard InChI is InChI=1S/C15H20O3S/c1-17-13-5-2-6-14(10-13)18-11-15-12(4-3-8-16)7-9-19-15/h7,9,13-14,16H,2,5-6,8,10-11H2,1H3. The number of thiophene rings is 1. The summed E-state index contributed by atoms with van der Waals surface area (Å²) in [5.41, 5.74) is 0.971. The largest absolute Gasteiger partial charge is 0.384 e. The molecule has 0 aromatic carbocycles. The molecule has 2 rings (SSSR count). The fourth-order valence-electron chi connectivity index (χ4n) is 2.36. The molecule has 1 N–H and O–H groups in total. The van der Waals surface area contributed by atoms with Gasteiger partial charge in [0.2, 0.25) is 0 Å². The molecule has 1 aromatic heterocycles. The van der Waals surface area contributed by atoms with Gasteiger partial charge in [-0.2, -0.15) is 0 Å². The van der Waals surface area contributed by atoms with Crippen LogP contribution in [0.1, 0.15) is 36.1 Å². The zero-order valence-electron chi connectivity index (χ0n) is 11.2. The first-order chi connectivity index (χ1) is 9.33. The third kappa shape index (κ3) is 4.32. The molecule has 19 heavy (non-hydrogen) atoms. The maximum Gasteiger partial charge on any atom is 0.104 e. The predicted octanol–water partition coefficient (Wildman–Crippen LogP) is 2.57. The van der Waals surface area contributed by atoms with Crippen molar-refractivity contribution in [1.82, 2.24) is 0 Å². The molecule has 0 spiro atoms. The van der Waals surface area contributed by atoms with E-state index in [4.69, 9.17) is 14.6 Å². The molecule has 1 aliphatic rings. The van der Waals surface area contributed by atoms with Crippen molar-refractivity contribution < 1.29 is 14.6 Å². The van der Waals surface area contributed by atoms with Crippen LogP contribution in [0.25, 0.3) is 0 Å². The summed E-state index contributed by atoms with van der Waals surface area (Å²) < 4.78 is 11.4. The van der Waals surface area contributed by atoms with E-state index in [1.807, 2.05) is 11.4 Å². The molecule has 0 radical (unpaired) electrons. The summed E-state index contributed by atoms with van der Waals surface area (Å²) in [4.78, 5) is 1.14. The second kappa shape index (κ2) is 7.66. The SMILES string of the molecule is COC1CCCC(OCc2sccc2C#CCO)C1. The summed E-state index contributed by atoms with van der Waals surface area (Å²) in [6, 6.07) is 1.98. The first-order valence-electron chi connectivity index (χ1n) is 6.64. The van der Waals surface area contributed by atoms with E-state index in [1.165, 1.54) is 6.42 Å². The molecule has 1 heterocycles. The topological polar surface area (TPSA) is 38.7 Å². The van der Waals surface area contributed by atoms with E-state index >= 15 is 0 Å². The first kappa shape index (κ1) is 14.5. The van der Waals surface area contributed by atoms with Crippen LogP contribution in [0.5, 0.6) is 0 Å². The number of hydrogen-bond donors (Lipinski definition) is 1. The Morgan fingerprint density at radius 1 is 1.42 bits per heavy atom. The molecule has 0 aliphatic heterocycles. The van der Waals surface area contributed by atoms with Crippen molar-refractivity contribution in [3.05, 3.63) is 21.9 Å². The van der Waals surface area contributed by atoms with Crippen LogP contribution < -0.4 is 0 Å². The lowest BCUT2D eigenvalue weighted by Gasteiger charge is -2.28. The Morgan fingerprint density at radius 2 is 2.26 bits per heavy atom. The molecule has 0 amide bonds. The third-order valence-corrected chi connectivity index (χ3v) is 4.30. The number of ether oxygens (including phenoxy) is 2. The second-order valence-electron chi connectivity index (χ2n) is 4.67. The lowest BCUT2D eigenvalue weighted by molar-refractivity contribution is -0.0356. The first-order valence-corrected chi connectivity index (χ1v) is 7.52. The van der Waals surface area contributed by atoms with Crippen molar-refractivity contribution in [2.24, 2.45) is 0 Å². The van der Waals surface area contributed by atoms with Gasteiger partial charge in [-0.25, -0.2) is 0 Å². The molecular formula is C15H20O3S. The van der Waals surface area contributed by atoms with Gasteiger partial charge in [-0.3, -0.25) is 0 Å². The molecule has 3 nitrogen and oxygen atoms in total. The van der Waals surface area contributed by atoms with Crippen LogP contribution in [0.15, 0.2) is 11.4 Å². The minimum atomic E-state index is -0.103. The van der Waals surface area contributed by atoms with E-state index in [2.05, 4.69) is 11.8 Å². The maximum absolute atomic E-state index is 8.73. The second-order valence-corrected chi connectivity index (χ2v) is 5.68. The fraction of sp³-hybridized carbons (Fsp3) is 0.600. The lowest BCUT2D eigenvalue weighted by atomic mass is 9.95. The molecule has 1 fully saturated rings. The van der Waals surface area contributed by atoms with Crippen molar-refractivity contribution in [3.8, 4) is 11.8 Å². The average molecular weight is 280 g/mol. The van der Waals surface area contributed by atoms with Crippen molar-refractivity contribution >= 4 is 11.3 Å². The molecule has 1 saturated carbocycles. The van der Waals surface area contributed by atoms with Crippen LogP contribution in [0.2, 0.25) is 0 Å². The number of hydrogen-bond acceptors (Lipinski definition) is 4. The van der Waals surface area contributed by atoms with Crippen molar-refractivity contribution in [1.29, 1.82) is 0 Å². The number of aliphatic hydroxyl groups is 1. The molecule has 1 aromatic rings. The third-order valence-electron chi connectivity index (χ3n) is 3.41. The summed E-state index contributed by atoms with van der Waals surface area (Å²) in [7, 11) is 1.77. The molecule has 104 valence electrons. The number of methoxy groups -OCH3 is 1. The molecule has 0 saturated heterocycles. The van der Waals surface area contributed by atoms with Gasteiger partial charge in [0.1, 0.15) is 6.61 Å². The summed E-state index contributed by atoms with van der Waals surface area (Å²) in [5.74, 6) is 5.64. The van der Waals surface area contributed by atoms with Crippen molar-refractivity contribution in [2.75, 3.05) is 13.7 Å². The highest BCUT2D eigenvalue weighted by molar-refractivity contribution is 7.10. The zero-order valence-corrected chi connectivity index (χ0v) is 12.0. The Kier molecular flexibility index (Phi) is 5.87. The van der Waals surface area contributed by atoms with Crippen LogP contribution in [0.4, 0.5) is 0 Å². The summed E-state index contributed by atoms with van der Waals surface area (Å²) in [5, 5.41) is 10.7. The van der Waals surface area contributed by atoms with Crippen LogP contribution in [-0.2, 0) is 16.1 Å². The van der Waals surface area contributed by atoms with Gasteiger partial charge in [0.15, 0.2) is 0 Å². The Morgan fingerprint density at radius 3 is 3.05 bits per heavy atom. The van der Waals surface area contributed by atoms with E-state index in [-0.39, 0.29) is 6.61 Å². The Labute approximate surface area is 118 Å². The maximum atomic E-state index is 8.73. The van der Waals surface area contributed by atoms with Gasteiger partial charge in [0.25, 0.3) is 0 Å². The zero-order chi connectivity index (χ0) is 13.5. The quantitative estimate of drug-likeness (QED) is 0.862. The van der Waals surface area contributed by atoms with E-state index in [0.29, 0.717) is 18.8 Å². The van der Waals surface area contributed by atoms with Gasteiger partial charge in [0, 0.05) is 17.6 Å². The van der Waals surface area contributed by atoms with Crippen molar-refractivity contribution in [2.45, 2.75) is 44.5 Å². The molecule has 1 aliphatic carbocycles. The number of rotatable bonds is 4. The fourth-order valence-corrected chi connectivity index (χ4v) is 3.11. The van der Waals surface area contributed by atoms with Gasteiger partial charge >= 0.3 is 0 Å². The normalized spacial score (nSPS) is 22.8. The monoisotopic (exact) mass is 280 g/mol. The van der Waals surface area contributed by atoms with E-state index in [1.54, 1.807) is 18.4 Å². The van der Waals surface area contributed by atoms with E-state index in [9.17, 15) is 0 Å². The Balaban J connectivity index is 1.86. The average Bonchev–Trinajstić information content (AvgIpc) is 2.90. The summed E-state index contributed by atoms with van der Waals surface area (Å²) >= 11 is 1.65. The number of aliphatic hydroxyl groups excluding tert-OH is 1. The van der Waals surface area contributed by atoms with Crippen molar-refractivity contribution in [3.63, 3.8) is 0 Å². The minimum Gasteiger partial charge on any atom is -0.384 e. The predicted molar refractivity (Wildman–Crippen MR) is 76.1 cm³/mol. The highest BCUT2D eigenvalue weighted by Crippen LogP contribution is 2.25. The summed E-state index contributed by atoms with van der Waals surface area (Å²) in [6.45, 7) is 0.502. The molecule has 4 heteroatoms. The van der Waals surface area contributed by atoms with Crippen LogP contribution in [-0.4, -0.2) is 31.0 Å². The summed E-state index contributed by atoms with van der Waals surface area (Å²) in [6.07, 6.45) is 5.05. The van der Waals surface area contributed by atoms with Gasteiger partial charge in [-0.1, -0.05) is 11.8 Å². The van der Waals surface area contributed by atoms with Crippen LogP contribution >= 0.6 is 11.3 Å². The van der Waals surface area contributed by atoms with E-state index < -0.39 is 0 Å². The highest BCUT2D eigenvalue weighted by Gasteiger charge is 2.22. The molecular weight excluding hydrogens is 260 g/mol. The smallest absolute Gasteiger partial charge is 0.104 e. The molecule has 2 unspecified atom stereocenters. The highest BCUT2D eigenvalue weighted by atomic mass is 32.1. The molecule has 0 bridgehead atoms. The van der Waals surface area contributed by atoms with E-state index in [0.717, 1.165) is 29.7 Å². The van der Waals surface area contributed by atoms with Gasteiger partial charge in [-0.15, -0.1) is 11.3 Å². The van der Waals surface area contributed by atoms with Crippen LogP contribution in [0, 0.1) is 11.8 Å². The van der Waals surface area contributed by atoms with Gasteiger partial charge in [-0.05, 0) is 37.1 Å². The molecule has 2 atom stereocenters. The van der Waals surface area contributed by atoms with Crippen LogP contribution in [0.3, 0.4) is 0 Å².